The molecule has 100 valence electrons. The fourth-order valence-electron chi connectivity index (χ4n) is 2.19. The number of aliphatic hydroxyl groups is 1. The number of aliphatic hydroxyl groups excluding tert-OH is 1. The van der Waals surface area contributed by atoms with Gasteiger partial charge in [0.1, 0.15) is 0 Å². The van der Waals surface area contributed by atoms with Crippen LogP contribution in [0.5, 0.6) is 0 Å². The zero-order valence-corrected chi connectivity index (χ0v) is 11.3. The van der Waals surface area contributed by atoms with E-state index in [0.717, 1.165) is 24.1 Å². The van der Waals surface area contributed by atoms with Crippen molar-refractivity contribution in [3.05, 3.63) is 71.3 Å². The standard InChI is InChI=1S/C17H21NO/c1-14-7-5-6-10-16(14)17(19)13-18-12-11-15-8-3-2-4-9-15/h2-10,17-19H,11-13H2,1H3. The Hall–Kier alpha value is -1.64. The SMILES string of the molecule is Cc1ccccc1C(O)CNCCc1ccccc1. The molecule has 2 aromatic rings. The van der Waals surface area contributed by atoms with Crippen molar-refractivity contribution in [2.45, 2.75) is 19.4 Å². The summed E-state index contributed by atoms with van der Waals surface area (Å²) in [7, 11) is 0. The van der Waals surface area contributed by atoms with Gasteiger partial charge in [-0.25, -0.2) is 0 Å². The van der Waals surface area contributed by atoms with Crippen LogP contribution in [0.3, 0.4) is 0 Å². The first-order valence-corrected chi connectivity index (χ1v) is 6.75. The molecule has 2 rings (SSSR count). The van der Waals surface area contributed by atoms with Crippen LogP contribution >= 0.6 is 0 Å². The first-order valence-electron chi connectivity index (χ1n) is 6.75. The first kappa shape index (κ1) is 13.8. The third-order valence-electron chi connectivity index (χ3n) is 3.32. The molecule has 0 aliphatic heterocycles. The molecule has 1 unspecified atom stereocenters. The zero-order valence-electron chi connectivity index (χ0n) is 11.3. The lowest BCUT2D eigenvalue weighted by atomic mass is 10.0. The predicted octanol–water partition coefficient (Wildman–Crippen LogP) is 2.86. The quantitative estimate of drug-likeness (QED) is 0.778. The Morgan fingerprint density at radius 3 is 2.42 bits per heavy atom. The Kier molecular flexibility index (Phi) is 5.13. The number of benzene rings is 2. The molecule has 2 nitrogen and oxygen atoms in total. The van der Waals surface area contributed by atoms with Gasteiger partial charge < -0.3 is 10.4 Å². The predicted molar refractivity (Wildman–Crippen MR) is 79.2 cm³/mol. The van der Waals surface area contributed by atoms with Crippen molar-refractivity contribution in [2.75, 3.05) is 13.1 Å². The van der Waals surface area contributed by atoms with Gasteiger partial charge in [-0.3, -0.25) is 0 Å². The second-order valence-corrected chi connectivity index (χ2v) is 4.81. The summed E-state index contributed by atoms with van der Waals surface area (Å²) < 4.78 is 0. The van der Waals surface area contributed by atoms with Crippen molar-refractivity contribution in [3.8, 4) is 0 Å². The molecule has 0 bridgehead atoms. The van der Waals surface area contributed by atoms with Crippen LogP contribution in [0, 0.1) is 6.92 Å². The smallest absolute Gasteiger partial charge is 0.0916 e. The maximum Gasteiger partial charge on any atom is 0.0916 e. The van der Waals surface area contributed by atoms with E-state index in [9.17, 15) is 5.11 Å². The van der Waals surface area contributed by atoms with Gasteiger partial charge in [0.25, 0.3) is 0 Å². The van der Waals surface area contributed by atoms with Gasteiger partial charge in [0, 0.05) is 6.54 Å². The van der Waals surface area contributed by atoms with Crippen molar-refractivity contribution in [2.24, 2.45) is 0 Å². The van der Waals surface area contributed by atoms with E-state index in [4.69, 9.17) is 0 Å². The van der Waals surface area contributed by atoms with Gasteiger partial charge >= 0.3 is 0 Å². The molecule has 0 amide bonds. The molecule has 0 fully saturated rings. The molecular weight excluding hydrogens is 234 g/mol. The molecule has 2 N–H and O–H groups in total. The second-order valence-electron chi connectivity index (χ2n) is 4.81. The van der Waals surface area contributed by atoms with Crippen molar-refractivity contribution < 1.29 is 5.11 Å². The summed E-state index contributed by atoms with van der Waals surface area (Å²) in [6, 6.07) is 18.4. The maximum absolute atomic E-state index is 10.1. The van der Waals surface area contributed by atoms with E-state index in [1.165, 1.54) is 5.56 Å². The lowest BCUT2D eigenvalue weighted by molar-refractivity contribution is 0.174. The fourth-order valence-corrected chi connectivity index (χ4v) is 2.19. The lowest BCUT2D eigenvalue weighted by Gasteiger charge is -2.14. The van der Waals surface area contributed by atoms with Crippen LogP contribution in [0.15, 0.2) is 54.6 Å². The molecule has 0 saturated heterocycles. The van der Waals surface area contributed by atoms with Gasteiger partial charge in [0.05, 0.1) is 6.10 Å². The number of nitrogens with one attached hydrogen (secondary N) is 1. The Morgan fingerprint density at radius 1 is 1.00 bits per heavy atom. The van der Waals surface area contributed by atoms with E-state index in [-0.39, 0.29) is 0 Å². The summed E-state index contributed by atoms with van der Waals surface area (Å²) in [5.41, 5.74) is 3.47. The summed E-state index contributed by atoms with van der Waals surface area (Å²) in [6.07, 6.45) is 0.554. The number of aryl methyl sites for hydroxylation is 1. The van der Waals surface area contributed by atoms with Crippen LogP contribution in [0.4, 0.5) is 0 Å². The average molecular weight is 255 g/mol. The average Bonchev–Trinajstić information content (AvgIpc) is 2.45. The van der Waals surface area contributed by atoms with E-state index in [1.54, 1.807) is 0 Å². The van der Waals surface area contributed by atoms with Crippen LogP contribution in [0.1, 0.15) is 22.8 Å². The van der Waals surface area contributed by atoms with Crippen LogP contribution in [-0.4, -0.2) is 18.2 Å². The van der Waals surface area contributed by atoms with E-state index in [0.29, 0.717) is 6.54 Å². The van der Waals surface area contributed by atoms with Crippen LogP contribution < -0.4 is 5.32 Å². The largest absolute Gasteiger partial charge is 0.387 e. The van der Waals surface area contributed by atoms with Gasteiger partial charge in [0.2, 0.25) is 0 Å². The summed E-state index contributed by atoms with van der Waals surface area (Å²) in [5.74, 6) is 0. The van der Waals surface area contributed by atoms with Crippen molar-refractivity contribution in [3.63, 3.8) is 0 Å². The van der Waals surface area contributed by atoms with E-state index in [1.807, 2.05) is 37.3 Å². The molecule has 0 saturated carbocycles. The highest BCUT2D eigenvalue weighted by Crippen LogP contribution is 2.16. The maximum atomic E-state index is 10.1. The molecule has 0 aliphatic carbocycles. The van der Waals surface area contributed by atoms with Gasteiger partial charge in [0.15, 0.2) is 0 Å². The molecule has 2 aromatic carbocycles. The van der Waals surface area contributed by atoms with Gasteiger partial charge in [-0.05, 0) is 36.6 Å². The molecule has 0 aromatic heterocycles. The van der Waals surface area contributed by atoms with E-state index in [2.05, 4.69) is 29.6 Å². The van der Waals surface area contributed by atoms with Gasteiger partial charge in [-0.2, -0.15) is 0 Å². The minimum Gasteiger partial charge on any atom is -0.387 e. The zero-order chi connectivity index (χ0) is 13.5. The molecular formula is C17H21NO. The van der Waals surface area contributed by atoms with Crippen LogP contribution in [0.2, 0.25) is 0 Å². The Bertz CT molecular complexity index is 496. The van der Waals surface area contributed by atoms with Crippen molar-refractivity contribution >= 4 is 0 Å². The summed E-state index contributed by atoms with van der Waals surface area (Å²) in [6.45, 7) is 3.51. The van der Waals surface area contributed by atoms with E-state index >= 15 is 0 Å². The molecule has 1 atom stereocenters. The topological polar surface area (TPSA) is 32.3 Å². The number of hydrogen-bond acceptors (Lipinski definition) is 2. The van der Waals surface area contributed by atoms with Gasteiger partial charge in [-0.1, -0.05) is 54.6 Å². The highest BCUT2D eigenvalue weighted by Gasteiger charge is 2.08. The molecule has 0 heterocycles. The number of rotatable bonds is 6. The lowest BCUT2D eigenvalue weighted by Crippen LogP contribution is -2.24. The Morgan fingerprint density at radius 2 is 1.68 bits per heavy atom. The van der Waals surface area contributed by atoms with Crippen molar-refractivity contribution in [1.82, 2.24) is 5.32 Å². The van der Waals surface area contributed by atoms with Crippen molar-refractivity contribution in [1.29, 1.82) is 0 Å². The minimum atomic E-state index is -0.433. The fraction of sp³-hybridized carbons (Fsp3) is 0.294. The summed E-state index contributed by atoms with van der Waals surface area (Å²) in [4.78, 5) is 0. The third kappa shape index (κ3) is 4.19. The summed E-state index contributed by atoms with van der Waals surface area (Å²) >= 11 is 0. The number of hydrogen-bond donors (Lipinski definition) is 2. The monoisotopic (exact) mass is 255 g/mol. The first-order chi connectivity index (χ1) is 9.27. The normalized spacial score (nSPS) is 12.3. The van der Waals surface area contributed by atoms with E-state index < -0.39 is 6.10 Å². The second kappa shape index (κ2) is 7.07. The molecule has 0 aliphatic rings. The molecule has 0 radical (unpaired) electrons. The third-order valence-corrected chi connectivity index (χ3v) is 3.32. The highest BCUT2D eigenvalue weighted by molar-refractivity contribution is 5.27. The van der Waals surface area contributed by atoms with Crippen LogP contribution in [0.25, 0.3) is 0 Å². The molecule has 2 heteroatoms. The minimum absolute atomic E-state index is 0.433. The van der Waals surface area contributed by atoms with Crippen LogP contribution in [-0.2, 0) is 6.42 Å². The Labute approximate surface area is 115 Å². The highest BCUT2D eigenvalue weighted by atomic mass is 16.3. The van der Waals surface area contributed by atoms with Gasteiger partial charge in [-0.15, -0.1) is 0 Å². The molecule has 19 heavy (non-hydrogen) atoms. The Balaban J connectivity index is 1.76. The molecule has 0 spiro atoms. The summed E-state index contributed by atoms with van der Waals surface area (Å²) in [5, 5.41) is 13.4.